The molecule has 2 heterocycles. The molecule has 1 unspecified atom stereocenters. The Kier molecular flexibility index (Phi) is 4.38. The van der Waals surface area contributed by atoms with E-state index >= 15 is 0 Å². The molecule has 1 aliphatic heterocycles. The number of morpholine rings is 1. The van der Waals surface area contributed by atoms with Crippen LogP contribution in [-0.4, -0.2) is 38.9 Å². The smallest absolute Gasteiger partial charge is 0.161 e. The maximum atomic E-state index is 5.74. The third-order valence-electron chi connectivity index (χ3n) is 3.40. The van der Waals surface area contributed by atoms with Crippen molar-refractivity contribution in [2.75, 3.05) is 33.9 Å². The zero-order chi connectivity index (χ0) is 14.7. The molecule has 2 aromatic rings. The lowest BCUT2D eigenvalue weighted by molar-refractivity contribution is 0.0276. The molecule has 0 radical (unpaired) electrons. The number of thiazole rings is 1. The number of hydrogen-bond acceptors (Lipinski definition) is 6. The summed E-state index contributed by atoms with van der Waals surface area (Å²) in [6.07, 6.45) is 0.0534. The second-order valence-corrected chi connectivity index (χ2v) is 5.59. The fourth-order valence-corrected chi connectivity index (χ4v) is 3.16. The first-order chi connectivity index (χ1) is 10.3. The Morgan fingerprint density at radius 3 is 2.86 bits per heavy atom. The third-order valence-corrected chi connectivity index (χ3v) is 4.34. The maximum absolute atomic E-state index is 5.74. The highest BCUT2D eigenvalue weighted by atomic mass is 32.1. The van der Waals surface area contributed by atoms with Gasteiger partial charge in [0, 0.05) is 24.0 Å². The summed E-state index contributed by atoms with van der Waals surface area (Å²) in [6, 6.07) is 5.82. The molecule has 1 atom stereocenters. The quantitative estimate of drug-likeness (QED) is 0.940. The Balaban J connectivity index is 1.85. The van der Waals surface area contributed by atoms with Gasteiger partial charge in [0.25, 0.3) is 0 Å². The van der Waals surface area contributed by atoms with Crippen LogP contribution in [0, 0.1) is 0 Å². The minimum atomic E-state index is 0.0534. The number of rotatable bonds is 4. The van der Waals surface area contributed by atoms with Crippen molar-refractivity contribution in [3.63, 3.8) is 0 Å². The minimum Gasteiger partial charge on any atom is -0.493 e. The summed E-state index contributed by atoms with van der Waals surface area (Å²) in [4.78, 5) is 4.69. The van der Waals surface area contributed by atoms with Gasteiger partial charge in [0.2, 0.25) is 0 Å². The van der Waals surface area contributed by atoms with Crippen LogP contribution in [0.1, 0.15) is 11.1 Å². The number of benzene rings is 1. The summed E-state index contributed by atoms with van der Waals surface area (Å²) in [5, 5.41) is 6.38. The van der Waals surface area contributed by atoms with Crippen LogP contribution >= 0.6 is 11.3 Å². The van der Waals surface area contributed by atoms with E-state index in [0.717, 1.165) is 41.7 Å². The molecule has 112 valence electrons. The van der Waals surface area contributed by atoms with E-state index in [2.05, 4.69) is 10.7 Å². The van der Waals surface area contributed by atoms with Crippen molar-refractivity contribution in [3.8, 4) is 22.8 Å². The molecule has 1 aliphatic rings. The topological polar surface area (TPSA) is 52.6 Å². The minimum absolute atomic E-state index is 0.0534. The highest BCUT2D eigenvalue weighted by Crippen LogP contribution is 2.34. The largest absolute Gasteiger partial charge is 0.493 e. The number of nitrogens with zero attached hydrogens (tertiary/aromatic N) is 1. The third kappa shape index (κ3) is 3.02. The zero-order valence-corrected chi connectivity index (χ0v) is 12.9. The van der Waals surface area contributed by atoms with Gasteiger partial charge in [-0.1, -0.05) is 0 Å². The fourth-order valence-electron chi connectivity index (χ4n) is 2.29. The van der Waals surface area contributed by atoms with E-state index in [-0.39, 0.29) is 6.10 Å². The monoisotopic (exact) mass is 306 g/mol. The lowest BCUT2D eigenvalue weighted by Crippen LogP contribution is -2.33. The van der Waals surface area contributed by atoms with Crippen molar-refractivity contribution >= 4 is 11.3 Å². The van der Waals surface area contributed by atoms with Crippen LogP contribution < -0.4 is 14.8 Å². The molecule has 5 nitrogen and oxygen atoms in total. The molecule has 0 aliphatic carbocycles. The summed E-state index contributed by atoms with van der Waals surface area (Å²) in [7, 11) is 3.27. The van der Waals surface area contributed by atoms with Gasteiger partial charge in [0.1, 0.15) is 11.1 Å². The van der Waals surface area contributed by atoms with E-state index in [4.69, 9.17) is 19.2 Å². The Labute approximate surface area is 127 Å². The highest BCUT2D eigenvalue weighted by molar-refractivity contribution is 7.10. The molecule has 1 saturated heterocycles. The summed E-state index contributed by atoms with van der Waals surface area (Å²) in [5.41, 5.74) is 1.95. The molecule has 0 bridgehead atoms. The number of hydrogen-bond donors (Lipinski definition) is 1. The molecule has 1 N–H and O–H groups in total. The second-order valence-electron chi connectivity index (χ2n) is 4.70. The molecule has 1 fully saturated rings. The van der Waals surface area contributed by atoms with Crippen molar-refractivity contribution in [1.82, 2.24) is 10.3 Å². The first-order valence-electron chi connectivity index (χ1n) is 6.82. The van der Waals surface area contributed by atoms with Crippen LogP contribution in [-0.2, 0) is 4.74 Å². The number of ether oxygens (including phenoxy) is 3. The van der Waals surface area contributed by atoms with Crippen LogP contribution in [0.25, 0.3) is 11.3 Å². The standard InChI is InChI=1S/C15H18N2O3S/c1-18-12-4-3-10(7-13(12)19-2)11-9-21-15(17-11)14-8-16-5-6-20-14/h3-4,7,9,14,16H,5-6,8H2,1-2H3. The molecule has 0 spiro atoms. The van der Waals surface area contributed by atoms with Gasteiger partial charge in [-0.25, -0.2) is 4.98 Å². The van der Waals surface area contributed by atoms with Gasteiger partial charge in [0.05, 0.1) is 26.5 Å². The Hall–Kier alpha value is -1.63. The molecule has 1 aromatic carbocycles. The second kappa shape index (κ2) is 6.43. The van der Waals surface area contributed by atoms with Crippen LogP contribution in [0.4, 0.5) is 0 Å². The molecule has 0 saturated carbocycles. The van der Waals surface area contributed by atoms with E-state index in [1.807, 2.05) is 18.2 Å². The Bertz CT molecular complexity index is 609. The van der Waals surface area contributed by atoms with E-state index in [1.165, 1.54) is 0 Å². The van der Waals surface area contributed by atoms with Crippen molar-refractivity contribution in [2.45, 2.75) is 6.10 Å². The lowest BCUT2D eigenvalue weighted by atomic mass is 10.1. The average Bonchev–Trinajstić information content (AvgIpc) is 3.05. The van der Waals surface area contributed by atoms with E-state index in [1.54, 1.807) is 25.6 Å². The van der Waals surface area contributed by atoms with Crippen LogP contribution in [0.15, 0.2) is 23.6 Å². The van der Waals surface area contributed by atoms with Crippen molar-refractivity contribution in [3.05, 3.63) is 28.6 Å². The van der Waals surface area contributed by atoms with Crippen molar-refractivity contribution < 1.29 is 14.2 Å². The van der Waals surface area contributed by atoms with E-state index < -0.39 is 0 Å². The number of nitrogens with one attached hydrogen (secondary N) is 1. The summed E-state index contributed by atoms with van der Waals surface area (Å²) < 4.78 is 16.3. The lowest BCUT2D eigenvalue weighted by Gasteiger charge is -2.21. The normalized spacial score (nSPS) is 18.5. The first-order valence-corrected chi connectivity index (χ1v) is 7.70. The van der Waals surface area contributed by atoms with Gasteiger partial charge in [-0.05, 0) is 18.2 Å². The molecule has 0 amide bonds. The van der Waals surface area contributed by atoms with Gasteiger partial charge in [-0.15, -0.1) is 11.3 Å². The molecular weight excluding hydrogens is 288 g/mol. The Morgan fingerprint density at radius 2 is 2.14 bits per heavy atom. The molecule has 1 aromatic heterocycles. The SMILES string of the molecule is COc1ccc(-c2csc(C3CNCCO3)n2)cc1OC. The number of methoxy groups -OCH3 is 2. The average molecular weight is 306 g/mol. The predicted molar refractivity (Wildman–Crippen MR) is 82.2 cm³/mol. The maximum Gasteiger partial charge on any atom is 0.161 e. The molecule has 6 heteroatoms. The fraction of sp³-hybridized carbons (Fsp3) is 0.400. The van der Waals surface area contributed by atoms with Gasteiger partial charge in [-0.3, -0.25) is 0 Å². The van der Waals surface area contributed by atoms with E-state index in [9.17, 15) is 0 Å². The van der Waals surface area contributed by atoms with Crippen LogP contribution in [0.5, 0.6) is 11.5 Å². The van der Waals surface area contributed by atoms with Gasteiger partial charge in [0.15, 0.2) is 11.5 Å². The van der Waals surface area contributed by atoms with Crippen LogP contribution in [0.2, 0.25) is 0 Å². The van der Waals surface area contributed by atoms with Crippen LogP contribution in [0.3, 0.4) is 0 Å². The van der Waals surface area contributed by atoms with Gasteiger partial charge < -0.3 is 19.5 Å². The van der Waals surface area contributed by atoms with E-state index in [0.29, 0.717) is 5.75 Å². The zero-order valence-electron chi connectivity index (χ0n) is 12.1. The predicted octanol–water partition coefficient (Wildman–Crippen LogP) is 2.49. The van der Waals surface area contributed by atoms with Gasteiger partial charge >= 0.3 is 0 Å². The summed E-state index contributed by atoms with van der Waals surface area (Å²) in [5.74, 6) is 1.43. The number of aromatic nitrogens is 1. The summed E-state index contributed by atoms with van der Waals surface area (Å²) in [6.45, 7) is 2.46. The summed E-state index contributed by atoms with van der Waals surface area (Å²) >= 11 is 1.63. The molecule has 21 heavy (non-hydrogen) atoms. The first kappa shape index (κ1) is 14.3. The highest BCUT2D eigenvalue weighted by Gasteiger charge is 2.19. The van der Waals surface area contributed by atoms with Crippen molar-refractivity contribution in [1.29, 1.82) is 0 Å². The molecule has 3 rings (SSSR count). The Morgan fingerprint density at radius 1 is 1.29 bits per heavy atom. The van der Waals surface area contributed by atoms with Gasteiger partial charge in [-0.2, -0.15) is 0 Å². The molecular formula is C15H18N2O3S. The van der Waals surface area contributed by atoms with Crippen molar-refractivity contribution in [2.24, 2.45) is 0 Å².